The van der Waals surface area contributed by atoms with Gasteiger partial charge in [-0.25, -0.2) is 0 Å². The van der Waals surface area contributed by atoms with Gasteiger partial charge < -0.3 is 14.9 Å². The van der Waals surface area contributed by atoms with Crippen molar-refractivity contribution in [3.63, 3.8) is 0 Å². The summed E-state index contributed by atoms with van der Waals surface area (Å²) in [5, 5.41) is 20.5. The highest BCUT2D eigenvalue weighted by Gasteiger charge is 2.12. The maximum Gasteiger partial charge on any atom is 0.307 e. The van der Waals surface area contributed by atoms with Gasteiger partial charge in [0.25, 0.3) is 0 Å². The van der Waals surface area contributed by atoms with Crippen molar-refractivity contribution >= 4 is 28.1 Å². The number of thiazole rings is 1. The molecule has 1 heterocycles. The number of H-pyrrole nitrogens is 1. The van der Waals surface area contributed by atoms with Crippen molar-refractivity contribution in [3.8, 4) is 11.6 Å². The zero-order chi connectivity index (χ0) is 19.9. The summed E-state index contributed by atoms with van der Waals surface area (Å²) in [7, 11) is 0. The molecule has 3 aromatic rings. The molecule has 0 aliphatic heterocycles. The van der Waals surface area contributed by atoms with Gasteiger partial charge in [-0.2, -0.15) is 0 Å². The molecule has 0 amide bonds. The number of hydrogen-bond donors (Lipinski definition) is 3. The minimum Gasteiger partial charge on any atom is -0.494 e. The number of aliphatic carboxylic acids is 1. The number of aromatic hydroxyl groups is 1. The van der Waals surface area contributed by atoms with Gasteiger partial charge in [-0.1, -0.05) is 54.5 Å². The molecular weight excluding hydrogens is 378 g/mol. The number of carbonyl (C=O) groups is 1. The van der Waals surface area contributed by atoms with Gasteiger partial charge in [-0.3, -0.25) is 14.6 Å². The van der Waals surface area contributed by atoms with Gasteiger partial charge in [0.15, 0.2) is 0 Å². The Hall–Kier alpha value is -2.80. The summed E-state index contributed by atoms with van der Waals surface area (Å²) in [5.74, 6) is -0.0123. The van der Waals surface area contributed by atoms with E-state index in [4.69, 9.17) is 9.84 Å². The summed E-state index contributed by atoms with van der Waals surface area (Å²) in [4.78, 5) is 24.7. The third-order valence-corrected chi connectivity index (χ3v) is 5.44. The predicted molar refractivity (Wildman–Crippen MR) is 110 cm³/mol. The standard InChI is InChI=1S/C21H23NO5S/c23-19(24)9-3-1-2-6-12-27-17-11-10-14(15-7-4-5-8-16(15)17)13-18-20(25)22-21(26)28-18/h4-5,7-8,10-11,25H,1-3,6,9,12-13H2,(H,22,26)(H,23,24). The largest absolute Gasteiger partial charge is 0.494 e. The van der Waals surface area contributed by atoms with E-state index in [0.717, 1.165) is 52.7 Å². The Morgan fingerprint density at radius 1 is 1.04 bits per heavy atom. The average Bonchev–Trinajstić information content (AvgIpc) is 2.99. The smallest absolute Gasteiger partial charge is 0.307 e. The summed E-state index contributed by atoms with van der Waals surface area (Å²) in [5.41, 5.74) is 1.02. The van der Waals surface area contributed by atoms with Crippen LogP contribution in [0, 0.1) is 0 Å². The van der Waals surface area contributed by atoms with Crippen molar-refractivity contribution in [1.29, 1.82) is 0 Å². The number of nitrogens with one attached hydrogen (secondary N) is 1. The fraction of sp³-hybridized carbons (Fsp3) is 0.333. The Balaban J connectivity index is 1.65. The molecule has 0 saturated carbocycles. The van der Waals surface area contributed by atoms with Crippen LogP contribution in [0.3, 0.4) is 0 Å². The lowest BCUT2D eigenvalue weighted by Gasteiger charge is -2.12. The van der Waals surface area contributed by atoms with Crippen LogP contribution in [-0.2, 0) is 11.2 Å². The third kappa shape index (κ3) is 5.13. The highest BCUT2D eigenvalue weighted by atomic mass is 32.1. The molecule has 3 N–H and O–H groups in total. The quantitative estimate of drug-likeness (QED) is 0.440. The van der Waals surface area contributed by atoms with Gasteiger partial charge in [-0.15, -0.1) is 0 Å². The number of benzene rings is 2. The van der Waals surface area contributed by atoms with Crippen LogP contribution in [0.15, 0.2) is 41.2 Å². The van der Waals surface area contributed by atoms with Crippen LogP contribution in [0.2, 0.25) is 0 Å². The number of unbranched alkanes of at least 4 members (excludes halogenated alkanes) is 3. The van der Waals surface area contributed by atoms with Gasteiger partial charge in [0, 0.05) is 18.2 Å². The van der Waals surface area contributed by atoms with Crippen LogP contribution in [0.5, 0.6) is 11.6 Å². The first-order chi connectivity index (χ1) is 13.5. The van der Waals surface area contributed by atoms with Gasteiger partial charge in [-0.05, 0) is 29.9 Å². The number of aromatic nitrogens is 1. The van der Waals surface area contributed by atoms with Crippen molar-refractivity contribution in [2.24, 2.45) is 0 Å². The monoisotopic (exact) mass is 401 g/mol. The number of hydrogen-bond acceptors (Lipinski definition) is 5. The summed E-state index contributed by atoms with van der Waals surface area (Å²) >= 11 is 1.02. The first kappa shape index (κ1) is 19.9. The highest BCUT2D eigenvalue weighted by molar-refractivity contribution is 7.09. The molecule has 6 nitrogen and oxygen atoms in total. The minimum atomic E-state index is -0.747. The molecule has 0 radical (unpaired) electrons. The molecule has 0 aliphatic carbocycles. The first-order valence-corrected chi connectivity index (χ1v) is 10.1. The molecule has 0 unspecified atom stereocenters. The Labute approximate surface area is 166 Å². The highest BCUT2D eigenvalue weighted by Crippen LogP contribution is 2.31. The molecule has 0 aliphatic rings. The average molecular weight is 401 g/mol. The molecule has 0 bridgehead atoms. The second-order valence-electron chi connectivity index (χ2n) is 6.64. The van der Waals surface area contributed by atoms with E-state index in [1.807, 2.05) is 36.4 Å². The van der Waals surface area contributed by atoms with Crippen molar-refractivity contribution in [3.05, 3.63) is 56.5 Å². The molecule has 0 spiro atoms. The van der Waals surface area contributed by atoms with Crippen molar-refractivity contribution in [1.82, 2.24) is 4.98 Å². The van der Waals surface area contributed by atoms with Crippen LogP contribution >= 0.6 is 11.3 Å². The van der Waals surface area contributed by atoms with Crippen molar-refractivity contribution in [2.75, 3.05) is 6.61 Å². The summed E-state index contributed by atoms with van der Waals surface area (Å²) in [6.45, 7) is 0.580. The lowest BCUT2D eigenvalue weighted by molar-refractivity contribution is -0.137. The van der Waals surface area contributed by atoms with Crippen LogP contribution in [0.25, 0.3) is 10.8 Å². The van der Waals surface area contributed by atoms with Crippen LogP contribution in [0.1, 0.15) is 42.5 Å². The van der Waals surface area contributed by atoms with Crippen molar-refractivity contribution in [2.45, 2.75) is 38.5 Å². The number of aromatic amines is 1. The van der Waals surface area contributed by atoms with Crippen LogP contribution < -0.4 is 9.61 Å². The second kappa shape index (κ2) is 9.41. The second-order valence-corrected chi connectivity index (χ2v) is 7.71. The number of carboxylic acids is 1. The van der Waals surface area contributed by atoms with Gasteiger partial charge in [0.05, 0.1) is 11.5 Å². The van der Waals surface area contributed by atoms with E-state index in [1.165, 1.54) is 0 Å². The molecule has 2 aromatic carbocycles. The number of ether oxygens (including phenoxy) is 1. The van der Waals surface area contributed by atoms with E-state index in [0.29, 0.717) is 24.3 Å². The zero-order valence-corrected chi connectivity index (χ0v) is 16.3. The van der Waals surface area contributed by atoms with Crippen molar-refractivity contribution < 1.29 is 19.7 Å². The third-order valence-electron chi connectivity index (χ3n) is 4.57. The fourth-order valence-electron chi connectivity index (χ4n) is 3.17. The summed E-state index contributed by atoms with van der Waals surface area (Å²) in [6, 6.07) is 11.8. The van der Waals surface area contributed by atoms with Crippen LogP contribution in [-0.4, -0.2) is 27.8 Å². The Morgan fingerprint density at radius 3 is 2.50 bits per heavy atom. The zero-order valence-electron chi connectivity index (χ0n) is 15.4. The SMILES string of the molecule is O=C(O)CCCCCCOc1ccc(Cc2sc(=O)[nH]c2O)c2ccccc12. The van der Waals surface area contributed by atoms with E-state index < -0.39 is 5.97 Å². The summed E-state index contributed by atoms with van der Waals surface area (Å²) in [6.07, 6.45) is 4.09. The van der Waals surface area contributed by atoms with E-state index >= 15 is 0 Å². The maximum absolute atomic E-state index is 11.4. The molecule has 0 atom stereocenters. The molecule has 7 heteroatoms. The number of carboxylic acid groups (broad SMARTS) is 1. The maximum atomic E-state index is 11.4. The Bertz CT molecular complexity index is 1010. The Kier molecular flexibility index (Phi) is 6.71. The van der Waals surface area contributed by atoms with Gasteiger partial charge in [0.2, 0.25) is 5.88 Å². The molecular formula is C21H23NO5S. The molecule has 0 fully saturated rings. The Morgan fingerprint density at radius 2 is 1.79 bits per heavy atom. The summed E-state index contributed by atoms with van der Waals surface area (Å²) < 4.78 is 5.96. The van der Waals surface area contributed by atoms with E-state index in [2.05, 4.69) is 4.98 Å². The molecule has 3 rings (SSSR count). The number of rotatable bonds is 10. The predicted octanol–water partition coefficient (Wildman–Crippen LogP) is 4.30. The van der Waals surface area contributed by atoms with Gasteiger partial charge in [0.1, 0.15) is 5.75 Å². The fourth-order valence-corrected chi connectivity index (χ4v) is 3.92. The topological polar surface area (TPSA) is 99.6 Å². The van der Waals surface area contributed by atoms with E-state index in [1.54, 1.807) is 0 Å². The lowest BCUT2D eigenvalue weighted by atomic mass is 10.0. The van der Waals surface area contributed by atoms with E-state index in [-0.39, 0.29) is 17.2 Å². The normalized spacial score (nSPS) is 11.0. The first-order valence-electron chi connectivity index (χ1n) is 9.31. The lowest BCUT2D eigenvalue weighted by Crippen LogP contribution is -1.99. The van der Waals surface area contributed by atoms with Crippen LogP contribution in [0.4, 0.5) is 0 Å². The van der Waals surface area contributed by atoms with Gasteiger partial charge >= 0.3 is 10.8 Å². The molecule has 1 aromatic heterocycles. The molecule has 0 saturated heterocycles. The molecule has 28 heavy (non-hydrogen) atoms. The number of fused-ring (bicyclic) bond motifs is 1. The van der Waals surface area contributed by atoms with E-state index in [9.17, 15) is 14.7 Å². The minimum absolute atomic E-state index is 0.0673. The molecule has 148 valence electrons.